The van der Waals surface area contributed by atoms with E-state index >= 15 is 0 Å². The SMILES string of the molecule is CCC(N)Cc1cc(Br)ccc1N(C)Cc1cccs1. The van der Waals surface area contributed by atoms with Crippen molar-refractivity contribution >= 4 is 33.0 Å². The highest BCUT2D eigenvalue weighted by Crippen LogP contribution is 2.27. The molecule has 2 N–H and O–H groups in total. The predicted molar refractivity (Wildman–Crippen MR) is 92.5 cm³/mol. The van der Waals surface area contributed by atoms with Crippen LogP contribution in [0.1, 0.15) is 23.8 Å². The Morgan fingerprint density at radius 2 is 2.15 bits per heavy atom. The molecule has 1 heterocycles. The monoisotopic (exact) mass is 352 g/mol. The lowest BCUT2D eigenvalue weighted by Gasteiger charge is -2.23. The summed E-state index contributed by atoms with van der Waals surface area (Å²) in [5.41, 5.74) is 8.71. The fourth-order valence-electron chi connectivity index (χ4n) is 2.24. The largest absolute Gasteiger partial charge is 0.369 e. The molecule has 0 saturated heterocycles. The van der Waals surface area contributed by atoms with E-state index in [1.165, 1.54) is 16.1 Å². The maximum Gasteiger partial charge on any atom is 0.0519 e. The van der Waals surface area contributed by atoms with Gasteiger partial charge in [-0.2, -0.15) is 0 Å². The van der Waals surface area contributed by atoms with Gasteiger partial charge in [-0.05, 0) is 48.1 Å². The number of anilines is 1. The van der Waals surface area contributed by atoms with Crippen LogP contribution in [0.4, 0.5) is 5.69 Å². The van der Waals surface area contributed by atoms with Gasteiger partial charge >= 0.3 is 0 Å². The molecule has 0 aliphatic carbocycles. The molecule has 0 saturated carbocycles. The van der Waals surface area contributed by atoms with Gasteiger partial charge in [-0.15, -0.1) is 11.3 Å². The van der Waals surface area contributed by atoms with Crippen molar-refractivity contribution < 1.29 is 0 Å². The average molecular weight is 353 g/mol. The third-order valence-corrected chi connectivity index (χ3v) is 4.79. The molecule has 0 aliphatic heterocycles. The Bertz CT molecular complexity index is 539. The summed E-state index contributed by atoms with van der Waals surface area (Å²) < 4.78 is 1.11. The number of nitrogens with zero attached hydrogens (tertiary/aromatic N) is 1. The first-order valence-corrected chi connectivity index (χ1v) is 8.55. The van der Waals surface area contributed by atoms with E-state index in [1.54, 1.807) is 11.3 Å². The second-order valence-electron chi connectivity index (χ2n) is 5.08. The molecular weight excluding hydrogens is 332 g/mol. The zero-order valence-electron chi connectivity index (χ0n) is 12.0. The van der Waals surface area contributed by atoms with Crippen LogP contribution in [0.3, 0.4) is 0 Å². The van der Waals surface area contributed by atoms with Crippen molar-refractivity contribution in [3.63, 3.8) is 0 Å². The summed E-state index contributed by atoms with van der Waals surface area (Å²) in [5.74, 6) is 0. The summed E-state index contributed by atoms with van der Waals surface area (Å²) in [7, 11) is 2.14. The van der Waals surface area contributed by atoms with Crippen molar-refractivity contribution in [3.8, 4) is 0 Å². The van der Waals surface area contributed by atoms with Gasteiger partial charge in [-0.3, -0.25) is 0 Å². The second-order valence-corrected chi connectivity index (χ2v) is 7.03. The van der Waals surface area contributed by atoms with Gasteiger partial charge in [-0.1, -0.05) is 28.9 Å². The molecule has 0 fully saturated rings. The van der Waals surface area contributed by atoms with Crippen LogP contribution < -0.4 is 10.6 Å². The summed E-state index contributed by atoms with van der Waals surface area (Å²) in [6.45, 7) is 3.07. The average Bonchev–Trinajstić information content (AvgIpc) is 2.91. The molecule has 20 heavy (non-hydrogen) atoms. The fraction of sp³-hybridized carbons (Fsp3) is 0.375. The van der Waals surface area contributed by atoms with Crippen molar-refractivity contribution in [2.45, 2.75) is 32.4 Å². The molecule has 2 aromatic rings. The van der Waals surface area contributed by atoms with Crippen LogP contribution in [0.25, 0.3) is 0 Å². The molecule has 1 aromatic heterocycles. The number of hydrogen-bond donors (Lipinski definition) is 1. The van der Waals surface area contributed by atoms with Crippen LogP contribution in [0, 0.1) is 0 Å². The van der Waals surface area contributed by atoms with Crippen molar-refractivity contribution in [2.75, 3.05) is 11.9 Å². The highest BCUT2D eigenvalue weighted by molar-refractivity contribution is 9.10. The normalized spacial score (nSPS) is 12.4. The fourth-order valence-corrected chi connectivity index (χ4v) is 3.40. The zero-order valence-corrected chi connectivity index (χ0v) is 14.4. The molecular formula is C16H21BrN2S. The first-order chi connectivity index (χ1) is 9.60. The maximum atomic E-state index is 6.13. The maximum absolute atomic E-state index is 6.13. The molecule has 1 aromatic carbocycles. The molecule has 0 bridgehead atoms. The molecule has 2 rings (SSSR count). The Morgan fingerprint density at radius 1 is 1.35 bits per heavy atom. The van der Waals surface area contributed by atoms with Gasteiger partial charge in [0, 0.05) is 28.1 Å². The minimum Gasteiger partial charge on any atom is -0.369 e. The Hall–Kier alpha value is -0.840. The highest BCUT2D eigenvalue weighted by atomic mass is 79.9. The van der Waals surface area contributed by atoms with Gasteiger partial charge < -0.3 is 10.6 Å². The van der Waals surface area contributed by atoms with E-state index in [0.29, 0.717) is 0 Å². The summed E-state index contributed by atoms with van der Waals surface area (Å²) in [6, 6.07) is 11.0. The van der Waals surface area contributed by atoms with E-state index in [2.05, 4.69) is 70.5 Å². The molecule has 0 amide bonds. The van der Waals surface area contributed by atoms with Crippen LogP contribution in [0.2, 0.25) is 0 Å². The van der Waals surface area contributed by atoms with E-state index in [0.717, 1.165) is 23.9 Å². The predicted octanol–water partition coefficient (Wildman–Crippen LogP) is 4.43. The molecule has 1 atom stereocenters. The Labute approximate surface area is 133 Å². The summed E-state index contributed by atoms with van der Waals surface area (Å²) in [5, 5.41) is 2.12. The van der Waals surface area contributed by atoms with Crippen LogP contribution in [-0.4, -0.2) is 13.1 Å². The standard InChI is InChI=1S/C16H21BrN2S/c1-3-14(18)10-12-9-13(17)6-7-16(12)19(2)11-15-5-4-8-20-15/h4-9,14H,3,10-11,18H2,1-2H3. The Balaban J connectivity index is 2.20. The van der Waals surface area contributed by atoms with Crippen LogP contribution in [0.15, 0.2) is 40.2 Å². The summed E-state index contributed by atoms with van der Waals surface area (Å²) >= 11 is 5.36. The highest BCUT2D eigenvalue weighted by Gasteiger charge is 2.11. The van der Waals surface area contributed by atoms with Gasteiger partial charge in [0.1, 0.15) is 0 Å². The number of rotatable bonds is 6. The lowest BCUT2D eigenvalue weighted by atomic mass is 10.0. The molecule has 0 radical (unpaired) electrons. The Kier molecular flexibility index (Phi) is 5.64. The zero-order chi connectivity index (χ0) is 14.5. The van der Waals surface area contributed by atoms with Crippen LogP contribution in [-0.2, 0) is 13.0 Å². The van der Waals surface area contributed by atoms with Crippen molar-refractivity contribution in [1.82, 2.24) is 0 Å². The first kappa shape index (κ1) is 15.5. The van der Waals surface area contributed by atoms with Crippen molar-refractivity contribution in [2.24, 2.45) is 5.73 Å². The minimum atomic E-state index is 0.221. The van der Waals surface area contributed by atoms with Gasteiger partial charge in [-0.25, -0.2) is 0 Å². The van der Waals surface area contributed by atoms with Gasteiger partial charge in [0.2, 0.25) is 0 Å². The Morgan fingerprint density at radius 3 is 2.80 bits per heavy atom. The van der Waals surface area contributed by atoms with Gasteiger partial charge in [0.05, 0.1) is 6.54 Å². The van der Waals surface area contributed by atoms with E-state index in [4.69, 9.17) is 5.73 Å². The lowest BCUT2D eigenvalue weighted by Crippen LogP contribution is -2.24. The number of thiophene rings is 1. The van der Waals surface area contributed by atoms with Crippen molar-refractivity contribution in [1.29, 1.82) is 0 Å². The third kappa shape index (κ3) is 4.08. The molecule has 4 heteroatoms. The number of benzene rings is 1. The molecule has 108 valence electrons. The van der Waals surface area contributed by atoms with Crippen molar-refractivity contribution in [3.05, 3.63) is 50.6 Å². The number of nitrogens with two attached hydrogens (primary N) is 1. The summed E-state index contributed by atoms with van der Waals surface area (Å²) in [4.78, 5) is 3.68. The molecule has 1 unspecified atom stereocenters. The third-order valence-electron chi connectivity index (χ3n) is 3.43. The lowest BCUT2D eigenvalue weighted by molar-refractivity contribution is 0.645. The molecule has 0 aliphatic rings. The van der Waals surface area contributed by atoms with Gasteiger partial charge in [0.25, 0.3) is 0 Å². The second kappa shape index (κ2) is 7.25. The minimum absolute atomic E-state index is 0.221. The van der Waals surface area contributed by atoms with Gasteiger partial charge in [0.15, 0.2) is 0 Å². The molecule has 2 nitrogen and oxygen atoms in total. The summed E-state index contributed by atoms with van der Waals surface area (Å²) in [6.07, 6.45) is 1.92. The van der Waals surface area contributed by atoms with Crippen LogP contribution in [0.5, 0.6) is 0 Å². The van der Waals surface area contributed by atoms with Crippen LogP contribution >= 0.6 is 27.3 Å². The van der Waals surface area contributed by atoms with E-state index < -0.39 is 0 Å². The van der Waals surface area contributed by atoms with E-state index in [1.807, 2.05) is 0 Å². The molecule has 0 spiro atoms. The smallest absolute Gasteiger partial charge is 0.0519 e. The topological polar surface area (TPSA) is 29.3 Å². The van der Waals surface area contributed by atoms with E-state index in [9.17, 15) is 0 Å². The quantitative estimate of drug-likeness (QED) is 0.833. The van der Waals surface area contributed by atoms with E-state index in [-0.39, 0.29) is 6.04 Å². The number of halogens is 1. The first-order valence-electron chi connectivity index (χ1n) is 6.87. The number of hydrogen-bond acceptors (Lipinski definition) is 3.